The molecule has 0 aliphatic heterocycles. The molecule has 0 saturated heterocycles. The SMILES string of the molecule is CCCCCC(O)CCCCCCCCCC(C)S(=O)(=O)[O-].[Na+]. The molecule has 2 atom stereocenters. The van der Waals surface area contributed by atoms with E-state index in [1.807, 2.05) is 0 Å². The molecular formula is C17H35NaO4S. The van der Waals surface area contributed by atoms with Crippen molar-refractivity contribution in [2.45, 2.75) is 109 Å². The van der Waals surface area contributed by atoms with E-state index in [0.717, 1.165) is 57.8 Å². The van der Waals surface area contributed by atoms with Crippen molar-refractivity contribution in [3.05, 3.63) is 0 Å². The van der Waals surface area contributed by atoms with E-state index in [-0.39, 0.29) is 35.7 Å². The maximum absolute atomic E-state index is 10.7. The van der Waals surface area contributed by atoms with E-state index < -0.39 is 15.4 Å². The summed E-state index contributed by atoms with van der Waals surface area (Å²) in [6.45, 7) is 3.67. The maximum Gasteiger partial charge on any atom is 1.00 e. The summed E-state index contributed by atoms with van der Waals surface area (Å²) >= 11 is 0. The van der Waals surface area contributed by atoms with Crippen LogP contribution in [0.2, 0.25) is 0 Å². The summed E-state index contributed by atoms with van der Waals surface area (Å²) in [6.07, 6.45) is 13.3. The molecule has 0 aromatic rings. The minimum atomic E-state index is -4.10. The monoisotopic (exact) mass is 358 g/mol. The summed E-state index contributed by atoms with van der Waals surface area (Å²) in [5, 5.41) is 9.04. The number of aliphatic hydroxyl groups is 1. The Morgan fingerprint density at radius 1 is 0.826 bits per heavy atom. The molecule has 23 heavy (non-hydrogen) atoms. The van der Waals surface area contributed by atoms with E-state index in [0.29, 0.717) is 6.42 Å². The fourth-order valence-electron chi connectivity index (χ4n) is 2.61. The topological polar surface area (TPSA) is 77.4 Å². The van der Waals surface area contributed by atoms with Gasteiger partial charge in [-0.25, -0.2) is 8.42 Å². The van der Waals surface area contributed by atoms with Crippen molar-refractivity contribution in [3.8, 4) is 0 Å². The molecule has 0 fully saturated rings. The van der Waals surface area contributed by atoms with Gasteiger partial charge in [0.2, 0.25) is 0 Å². The van der Waals surface area contributed by atoms with E-state index in [9.17, 15) is 18.1 Å². The van der Waals surface area contributed by atoms with Gasteiger partial charge < -0.3 is 9.66 Å². The minimum Gasteiger partial charge on any atom is -0.748 e. The Labute approximate surface area is 165 Å². The molecule has 0 rings (SSSR count). The van der Waals surface area contributed by atoms with Gasteiger partial charge in [-0.2, -0.15) is 0 Å². The van der Waals surface area contributed by atoms with Gasteiger partial charge in [-0.15, -0.1) is 0 Å². The Morgan fingerprint density at radius 3 is 1.65 bits per heavy atom. The summed E-state index contributed by atoms with van der Waals surface area (Å²) in [5.41, 5.74) is 0. The molecule has 0 amide bonds. The Kier molecular flexibility index (Phi) is 18.5. The van der Waals surface area contributed by atoms with Crippen molar-refractivity contribution in [1.29, 1.82) is 0 Å². The largest absolute Gasteiger partial charge is 1.00 e. The van der Waals surface area contributed by atoms with Crippen molar-refractivity contribution in [2.75, 3.05) is 0 Å². The number of unbranched alkanes of at least 4 members (excludes halogenated alkanes) is 8. The first-order valence-corrected chi connectivity index (χ1v) is 10.5. The van der Waals surface area contributed by atoms with Crippen LogP contribution < -0.4 is 29.6 Å². The Hall–Kier alpha value is 0.870. The molecule has 0 aromatic carbocycles. The molecule has 134 valence electrons. The summed E-state index contributed by atoms with van der Waals surface area (Å²) in [5.74, 6) is 0. The zero-order valence-corrected chi connectivity index (χ0v) is 18.2. The van der Waals surface area contributed by atoms with Crippen LogP contribution in [0.5, 0.6) is 0 Å². The Bertz CT molecular complexity index is 347. The third kappa shape index (κ3) is 17.5. The Morgan fingerprint density at radius 2 is 1.22 bits per heavy atom. The van der Waals surface area contributed by atoms with Crippen LogP contribution in [0.25, 0.3) is 0 Å². The summed E-state index contributed by atoms with van der Waals surface area (Å²) in [6, 6.07) is 0. The molecule has 4 nitrogen and oxygen atoms in total. The van der Waals surface area contributed by atoms with Crippen LogP contribution in [0.4, 0.5) is 0 Å². The fourth-order valence-corrected chi connectivity index (χ4v) is 3.07. The zero-order valence-electron chi connectivity index (χ0n) is 15.4. The maximum atomic E-state index is 10.7. The van der Waals surface area contributed by atoms with Gasteiger partial charge in [-0.1, -0.05) is 71.1 Å². The van der Waals surface area contributed by atoms with Crippen LogP contribution in [0.1, 0.15) is 97.3 Å². The average Bonchev–Trinajstić information content (AvgIpc) is 2.44. The number of hydrogen-bond donors (Lipinski definition) is 1. The molecule has 1 N–H and O–H groups in total. The number of aliphatic hydroxyl groups excluding tert-OH is 1. The molecule has 0 saturated carbocycles. The second kappa shape index (κ2) is 16.3. The molecular weight excluding hydrogens is 323 g/mol. The van der Waals surface area contributed by atoms with Crippen LogP contribution in [0, 0.1) is 0 Å². The van der Waals surface area contributed by atoms with Crippen molar-refractivity contribution in [2.24, 2.45) is 0 Å². The molecule has 6 heteroatoms. The number of rotatable bonds is 15. The van der Waals surface area contributed by atoms with E-state index in [1.165, 1.54) is 26.2 Å². The first-order valence-electron chi connectivity index (χ1n) is 9.00. The van der Waals surface area contributed by atoms with Gasteiger partial charge in [-0.3, -0.25) is 0 Å². The van der Waals surface area contributed by atoms with Crippen molar-refractivity contribution in [1.82, 2.24) is 0 Å². The minimum absolute atomic E-state index is 0. The summed E-state index contributed by atoms with van der Waals surface area (Å²) in [7, 11) is -4.10. The molecule has 0 radical (unpaired) electrons. The molecule has 0 bridgehead atoms. The summed E-state index contributed by atoms with van der Waals surface area (Å²) < 4.78 is 32.2. The van der Waals surface area contributed by atoms with Crippen molar-refractivity contribution < 1.29 is 47.6 Å². The third-order valence-electron chi connectivity index (χ3n) is 4.28. The van der Waals surface area contributed by atoms with Crippen LogP contribution in [0.15, 0.2) is 0 Å². The quantitative estimate of drug-likeness (QED) is 0.272. The molecule has 0 aromatic heterocycles. The van der Waals surface area contributed by atoms with E-state index in [1.54, 1.807) is 0 Å². The van der Waals surface area contributed by atoms with Crippen molar-refractivity contribution in [3.63, 3.8) is 0 Å². The van der Waals surface area contributed by atoms with Gasteiger partial charge >= 0.3 is 29.6 Å². The van der Waals surface area contributed by atoms with Crippen molar-refractivity contribution >= 4 is 10.1 Å². The van der Waals surface area contributed by atoms with E-state index in [4.69, 9.17) is 0 Å². The normalized spacial score (nSPS) is 14.3. The van der Waals surface area contributed by atoms with Gasteiger partial charge in [0.1, 0.15) is 0 Å². The average molecular weight is 359 g/mol. The first-order chi connectivity index (χ1) is 10.4. The molecule has 2 unspecified atom stereocenters. The first kappa shape index (κ1) is 26.1. The van der Waals surface area contributed by atoms with Gasteiger partial charge in [0, 0.05) is 5.25 Å². The molecule has 0 aliphatic carbocycles. The second-order valence-electron chi connectivity index (χ2n) is 6.51. The van der Waals surface area contributed by atoms with Gasteiger partial charge in [-0.05, 0) is 26.2 Å². The number of hydrogen-bond acceptors (Lipinski definition) is 4. The molecule has 0 heterocycles. The predicted molar refractivity (Wildman–Crippen MR) is 90.9 cm³/mol. The smallest absolute Gasteiger partial charge is 0.748 e. The van der Waals surface area contributed by atoms with E-state index in [2.05, 4.69) is 6.92 Å². The van der Waals surface area contributed by atoms with Gasteiger partial charge in [0.25, 0.3) is 0 Å². The van der Waals surface area contributed by atoms with Crippen LogP contribution >= 0.6 is 0 Å². The predicted octanol–water partition coefficient (Wildman–Crippen LogP) is 1.38. The van der Waals surface area contributed by atoms with Crippen LogP contribution in [0.3, 0.4) is 0 Å². The third-order valence-corrected chi connectivity index (χ3v) is 5.50. The zero-order chi connectivity index (χ0) is 16.8. The van der Waals surface area contributed by atoms with Gasteiger partial charge in [0.05, 0.1) is 16.2 Å². The van der Waals surface area contributed by atoms with E-state index >= 15 is 0 Å². The van der Waals surface area contributed by atoms with Crippen LogP contribution in [-0.4, -0.2) is 29.4 Å². The standard InChI is InChI=1S/C17H36O4S.Na/c1-3-4-10-14-17(18)15-12-9-7-5-6-8-11-13-16(2)22(19,20)21;/h16-18H,3-15H2,1-2H3,(H,19,20,21);/q;+1/p-1. The molecule has 0 aliphatic rings. The Balaban J connectivity index is 0. The summed E-state index contributed by atoms with van der Waals surface area (Å²) in [4.78, 5) is 0. The van der Waals surface area contributed by atoms with Gasteiger partial charge in [0.15, 0.2) is 0 Å². The van der Waals surface area contributed by atoms with Crippen LogP contribution in [-0.2, 0) is 10.1 Å². The second-order valence-corrected chi connectivity index (χ2v) is 8.30. The molecule has 0 spiro atoms. The fraction of sp³-hybridized carbons (Fsp3) is 1.00.